The van der Waals surface area contributed by atoms with Crippen molar-refractivity contribution in [3.05, 3.63) is 22.6 Å². The van der Waals surface area contributed by atoms with Gasteiger partial charge in [0.15, 0.2) is 4.67 Å². The fraction of sp³-hybridized carbons (Fsp3) is 0.556. The summed E-state index contributed by atoms with van der Waals surface area (Å²) in [6.07, 6.45) is 1.39. The Balaban J connectivity index is 2.04. The lowest BCUT2D eigenvalue weighted by Gasteiger charge is -2.19. The minimum absolute atomic E-state index is 0.589. The monoisotopic (exact) mass is 245 g/mol. The Labute approximate surface area is 85.3 Å². The molecule has 0 radical (unpaired) electrons. The first kappa shape index (κ1) is 9.24. The van der Waals surface area contributed by atoms with Crippen LogP contribution in [-0.2, 0) is 6.42 Å². The van der Waals surface area contributed by atoms with Crippen molar-refractivity contribution in [2.75, 3.05) is 13.1 Å². The molecule has 13 heavy (non-hydrogen) atoms. The molecule has 2 N–H and O–H groups in total. The van der Waals surface area contributed by atoms with Crippen molar-refractivity contribution < 1.29 is 9.52 Å². The van der Waals surface area contributed by atoms with Crippen molar-refractivity contribution >= 4 is 15.9 Å². The lowest BCUT2D eigenvalue weighted by Crippen LogP contribution is -2.33. The van der Waals surface area contributed by atoms with Crippen LogP contribution in [0.15, 0.2) is 21.2 Å². The highest BCUT2D eigenvalue weighted by Crippen LogP contribution is 2.23. The van der Waals surface area contributed by atoms with E-state index in [0.717, 1.165) is 23.4 Å². The van der Waals surface area contributed by atoms with Gasteiger partial charge in [-0.1, -0.05) is 0 Å². The number of aliphatic hydroxyl groups is 1. The molecule has 1 fully saturated rings. The van der Waals surface area contributed by atoms with E-state index in [1.165, 1.54) is 0 Å². The second kappa shape index (κ2) is 3.44. The highest BCUT2D eigenvalue weighted by Gasteiger charge is 2.32. The summed E-state index contributed by atoms with van der Waals surface area (Å²) in [5.74, 6) is 0.832. The van der Waals surface area contributed by atoms with Crippen LogP contribution >= 0.6 is 15.9 Å². The molecule has 0 amide bonds. The Bertz CT molecular complexity index is 292. The first-order chi connectivity index (χ1) is 6.18. The Morgan fingerprint density at radius 2 is 2.46 bits per heavy atom. The Morgan fingerprint density at radius 1 is 1.62 bits per heavy atom. The van der Waals surface area contributed by atoms with Gasteiger partial charge in [-0.2, -0.15) is 0 Å². The minimum Gasteiger partial charge on any atom is -0.454 e. The average Bonchev–Trinajstić information content (AvgIpc) is 2.62. The second-order valence-electron chi connectivity index (χ2n) is 3.53. The summed E-state index contributed by atoms with van der Waals surface area (Å²) in [6.45, 7) is 1.55. The standard InChI is InChI=1S/C9H12BrNO2/c10-8-2-1-7(13-8)5-9(12)3-4-11-6-9/h1-2,11-12H,3-6H2. The van der Waals surface area contributed by atoms with Gasteiger partial charge in [-0.25, -0.2) is 0 Å². The molecule has 72 valence electrons. The molecule has 1 aromatic rings. The van der Waals surface area contributed by atoms with Gasteiger partial charge < -0.3 is 14.8 Å². The van der Waals surface area contributed by atoms with Gasteiger partial charge in [0.1, 0.15) is 5.76 Å². The van der Waals surface area contributed by atoms with Gasteiger partial charge in [-0.15, -0.1) is 0 Å². The summed E-state index contributed by atoms with van der Waals surface area (Å²) in [7, 11) is 0. The number of hydrogen-bond donors (Lipinski definition) is 2. The van der Waals surface area contributed by atoms with Gasteiger partial charge >= 0.3 is 0 Å². The summed E-state index contributed by atoms with van der Waals surface area (Å²) in [5.41, 5.74) is -0.614. The van der Waals surface area contributed by atoms with Crippen molar-refractivity contribution in [3.63, 3.8) is 0 Å². The molecule has 0 spiro atoms. The number of β-amino-alcohol motifs (C(OH)–C–C–N with tert-alkyl or cyclic N) is 1. The molecule has 1 aliphatic heterocycles. The Kier molecular flexibility index (Phi) is 2.45. The maximum atomic E-state index is 10.0. The third-order valence-electron chi connectivity index (χ3n) is 2.35. The van der Waals surface area contributed by atoms with Crippen molar-refractivity contribution in [1.29, 1.82) is 0 Å². The van der Waals surface area contributed by atoms with Crippen LogP contribution in [-0.4, -0.2) is 23.8 Å². The van der Waals surface area contributed by atoms with Gasteiger partial charge in [-0.05, 0) is 41.0 Å². The SMILES string of the molecule is OC1(Cc2ccc(Br)o2)CCNC1. The predicted molar refractivity (Wildman–Crippen MR) is 52.5 cm³/mol. The van der Waals surface area contributed by atoms with Crippen LogP contribution in [0.3, 0.4) is 0 Å². The Morgan fingerprint density at radius 3 is 3.00 bits per heavy atom. The smallest absolute Gasteiger partial charge is 0.169 e. The van der Waals surface area contributed by atoms with Crippen molar-refractivity contribution in [1.82, 2.24) is 5.32 Å². The maximum absolute atomic E-state index is 10.0. The number of halogens is 1. The third-order valence-corrected chi connectivity index (χ3v) is 2.78. The summed E-state index contributed by atoms with van der Waals surface area (Å²) >= 11 is 3.24. The zero-order valence-corrected chi connectivity index (χ0v) is 8.80. The first-order valence-corrected chi connectivity index (χ1v) is 5.15. The molecule has 1 aromatic heterocycles. The van der Waals surface area contributed by atoms with Crippen LogP contribution in [0, 0.1) is 0 Å². The molecular formula is C9H12BrNO2. The molecule has 1 atom stereocenters. The van der Waals surface area contributed by atoms with Crippen molar-refractivity contribution in [2.45, 2.75) is 18.4 Å². The zero-order valence-electron chi connectivity index (χ0n) is 7.22. The molecule has 0 aliphatic carbocycles. The highest BCUT2D eigenvalue weighted by atomic mass is 79.9. The number of furan rings is 1. The van der Waals surface area contributed by atoms with Crippen LogP contribution < -0.4 is 5.32 Å². The van der Waals surface area contributed by atoms with E-state index in [4.69, 9.17) is 4.42 Å². The summed E-state index contributed by atoms with van der Waals surface area (Å²) in [4.78, 5) is 0. The van der Waals surface area contributed by atoms with Gasteiger partial charge in [0.05, 0.1) is 5.60 Å². The van der Waals surface area contributed by atoms with Crippen LogP contribution in [0.4, 0.5) is 0 Å². The van der Waals surface area contributed by atoms with E-state index in [9.17, 15) is 5.11 Å². The third kappa shape index (κ3) is 2.13. The molecule has 0 saturated carbocycles. The van der Waals surface area contributed by atoms with E-state index in [-0.39, 0.29) is 0 Å². The summed E-state index contributed by atoms with van der Waals surface area (Å²) in [6, 6.07) is 3.74. The highest BCUT2D eigenvalue weighted by molar-refractivity contribution is 9.10. The normalized spacial score (nSPS) is 28.2. The topological polar surface area (TPSA) is 45.4 Å². The molecule has 1 aliphatic rings. The van der Waals surface area contributed by atoms with Crippen molar-refractivity contribution in [2.24, 2.45) is 0 Å². The van der Waals surface area contributed by atoms with E-state index in [1.807, 2.05) is 12.1 Å². The quantitative estimate of drug-likeness (QED) is 0.826. The first-order valence-electron chi connectivity index (χ1n) is 4.35. The van der Waals surface area contributed by atoms with E-state index >= 15 is 0 Å². The molecule has 2 heterocycles. The van der Waals surface area contributed by atoms with E-state index in [2.05, 4.69) is 21.2 Å². The van der Waals surface area contributed by atoms with Crippen LogP contribution in [0.1, 0.15) is 12.2 Å². The number of rotatable bonds is 2. The summed E-state index contributed by atoms with van der Waals surface area (Å²) < 4.78 is 6.06. The fourth-order valence-electron chi connectivity index (χ4n) is 1.65. The maximum Gasteiger partial charge on any atom is 0.169 e. The van der Waals surface area contributed by atoms with E-state index in [1.54, 1.807) is 0 Å². The average molecular weight is 246 g/mol. The molecule has 1 saturated heterocycles. The zero-order chi connectivity index (χ0) is 9.31. The van der Waals surface area contributed by atoms with Gasteiger partial charge in [0.25, 0.3) is 0 Å². The minimum atomic E-state index is -0.614. The lowest BCUT2D eigenvalue weighted by atomic mass is 9.98. The van der Waals surface area contributed by atoms with Gasteiger partial charge in [0.2, 0.25) is 0 Å². The molecule has 2 rings (SSSR count). The molecule has 0 aromatic carbocycles. The van der Waals surface area contributed by atoms with E-state index in [0.29, 0.717) is 13.0 Å². The molecule has 3 nitrogen and oxygen atoms in total. The number of hydrogen-bond acceptors (Lipinski definition) is 3. The fourth-order valence-corrected chi connectivity index (χ4v) is 1.99. The van der Waals surface area contributed by atoms with Gasteiger partial charge in [0, 0.05) is 13.0 Å². The largest absolute Gasteiger partial charge is 0.454 e. The van der Waals surface area contributed by atoms with Crippen LogP contribution in [0.5, 0.6) is 0 Å². The number of nitrogens with one attached hydrogen (secondary N) is 1. The van der Waals surface area contributed by atoms with Crippen LogP contribution in [0.2, 0.25) is 0 Å². The molecular weight excluding hydrogens is 234 g/mol. The second-order valence-corrected chi connectivity index (χ2v) is 4.32. The molecule has 0 bridgehead atoms. The van der Waals surface area contributed by atoms with E-state index < -0.39 is 5.60 Å². The van der Waals surface area contributed by atoms with Crippen LogP contribution in [0.25, 0.3) is 0 Å². The molecule has 1 unspecified atom stereocenters. The molecule has 4 heteroatoms. The lowest BCUT2D eigenvalue weighted by molar-refractivity contribution is 0.0563. The Hall–Kier alpha value is -0.320. The predicted octanol–water partition coefficient (Wildman–Crippen LogP) is 1.31. The van der Waals surface area contributed by atoms with Crippen molar-refractivity contribution in [3.8, 4) is 0 Å². The summed E-state index contributed by atoms with van der Waals surface area (Å²) in [5, 5.41) is 13.2. The van der Waals surface area contributed by atoms with Gasteiger partial charge in [-0.3, -0.25) is 0 Å².